The van der Waals surface area contributed by atoms with Crippen molar-refractivity contribution in [3.63, 3.8) is 0 Å². The zero-order valence-electron chi connectivity index (χ0n) is 10.6. The number of aromatic nitrogens is 3. The first-order valence-corrected chi connectivity index (χ1v) is 7.56. The monoisotopic (exact) mass is 311 g/mol. The molecule has 0 fully saturated rings. The number of hydrogen-bond donors (Lipinski definition) is 3. The van der Waals surface area contributed by atoms with Crippen LogP contribution < -0.4 is 10.5 Å². The molecule has 1 atom stereocenters. The normalized spacial score (nSPS) is 13.1. The van der Waals surface area contributed by atoms with E-state index in [0.717, 1.165) is 5.56 Å². The average Bonchev–Trinajstić information content (AvgIpc) is 2.92. The van der Waals surface area contributed by atoms with E-state index in [1.54, 1.807) is 19.3 Å². The standard InChI is InChI=1S/C11H13N5O2S2/c1-7(8-4-14-15-5-8)16-20(17,18)9-2-3-10(11(12)19)13-6-9/h2-7,16H,1H3,(H2,12,19)(H,14,15). The van der Waals surface area contributed by atoms with Crippen LogP contribution in [-0.2, 0) is 10.0 Å². The maximum Gasteiger partial charge on any atom is 0.242 e. The number of nitrogens with two attached hydrogens (primary N) is 1. The second-order valence-corrected chi connectivity index (χ2v) is 6.27. The van der Waals surface area contributed by atoms with Crippen molar-refractivity contribution in [2.75, 3.05) is 0 Å². The fourth-order valence-electron chi connectivity index (χ4n) is 1.55. The van der Waals surface area contributed by atoms with Crippen molar-refractivity contribution < 1.29 is 8.42 Å². The molecule has 0 aliphatic rings. The largest absolute Gasteiger partial charge is 0.388 e. The van der Waals surface area contributed by atoms with Crippen LogP contribution in [0, 0.1) is 0 Å². The highest BCUT2D eigenvalue weighted by Crippen LogP contribution is 2.15. The molecular formula is C11H13N5O2S2. The lowest BCUT2D eigenvalue weighted by Crippen LogP contribution is -2.27. The van der Waals surface area contributed by atoms with Gasteiger partial charge in [0.15, 0.2) is 0 Å². The van der Waals surface area contributed by atoms with Gasteiger partial charge in [-0.15, -0.1) is 0 Å². The minimum atomic E-state index is -3.67. The first kappa shape index (κ1) is 14.6. The molecule has 2 aromatic heterocycles. The smallest absolute Gasteiger partial charge is 0.242 e. The number of sulfonamides is 1. The molecule has 0 aliphatic heterocycles. The summed E-state index contributed by atoms with van der Waals surface area (Å²) in [7, 11) is -3.67. The van der Waals surface area contributed by atoms with E-state index in [1.165, 1.54) is 18.3 Å². The summed E-state index contributed by atoms with van der Waals surface area (Å²) in [4.78, 5) is 4.08. The lowest BCUT2D eigenvalue weighted by molar-refractivity contribution is 0.566. The van der Waals surface area contributed by atoms with Crippen molar-refractivity contribution in [3.05, 3.63) is 42.0 Å². The lowest BCUT2D eigenvalue weighted by Gasteiger charge is -2.12. The highest BCUT2D eigenvalue weighted by Gasteiger charge is 2.19. The van der Waals surface area contributed by atoms with Crippen LogP contribution in [0.4, 0.5) is 0 Å². The van der Waals surface area contributed by atoms with Gasteiger partial charge in [-0.05, 0) is 19.1 Å². The van der Waals surface area contributed by atoms with Gasteiger partial charge in [-0.2, -0.15) is 5.10 Å². The Bertz CT molecular complexity index is 695. The zero-order chi connectivity index (χ0) is 14.8. The van der Waals surface area contributed by atoms with E-state index in [0.29, 0.717) is 5.69 Å². The second kappa shape index (κ2) is 5.65. The molecule has 0 aliphatic carbocycles. The molecule has 2 heterocycles. The van der Waals surface area contributed by atoms with Gasteiger partial charge in [-0.1, -0.05) is 12.2 Å². The number of aromatic amines is 1. The fraction of sp³-hybridized carbons (Fsp3) is 0.182. The van der Waals surface area contributed by atoms with E-state index in [-0.39, 0.29) is 9.88 Å². The maximum atomic E-state index is 12.2. The topological polar surface area (TPSA) is 114 Å². The van der Waals surface area contributed by atoms with Crippen LogP contribution >= 0.6 is 12.2 Å². The van der Waals surface area contributed by atoms with E-state index in [9.17, 15) is 8.42 Å². The van der Waals surface area contributed by atoms with Crippen LogP contribution in [0.2, 0.25) is 0 Å². The number of thiocarbonyl (C=S) groups is 1. The molecule has 0 saturated heterocycles. The molecule has 0 aromatic carbocycles. The zero-order valence-corrected chi connectivity index (χ0v) is 12.2. The van der Waals surface area contributed by atoms with E-state index in [2.05, 4.69) is 19.9 Å². The Morgan fingerprint density at radius 2 is 2.20 bits per heavy atom. The molecule has 9 heteroatoms. The van der Waals surface area contributed by atoms with E-state index in [4.69, 9.17) is 18.0 Å². The van der Waals surface area contributed by atoms with Crippen molar-refractivity contribution in [2.24, 2.45) is 5.73 Å². The van der Waals surface area contributed by atoms with Crippen LogP contribution in [-0.4, -0.2) is 28.6 Å². The molecule has 0 saturated carbocycles. The summed E-state index contributed by atoms with van der Waals surface area (Å²) < 4.78 is 26.9. The Hall–Kier alpha value is -1.84. The summed E-state index contributed by atoms with van der Waals surface area (Å²) in [6, 6.07) is 2.47. The molecular weight excluding hydrogens is 298 g/mol. The first-order chi connectivity index (χ1) is 9.40. The minimum Gasteiger partial charge on any atom is -0.388 e. The third-order valence-corrected chi connectivity index (χ3v) is 4.39. The van der Waals surface area contributed by atoms with Gasteiger partial charge in [0.25, 0.3) is 0 Å². The van der Waals surface area contributed by atoms with Crippen molar-refractivity contribution in [2.45, 2.75) is 17.9 Å². The van der Waals surface area contributed by atoms with Crippen LogP contribution in [0.1, 0.15) is 24.2 Å². The summed E-state index contributed by atoms with van der Waals surface area (Å²) in [5.74, 6) is 0. The highest BCUT2D eigenvalue weighted by atomic mass is 32.2. The Labute approximate surface area is 121 Å². The molecule has 106 valence electrons. The van der Waals surface area contributed by atoms with E-state index < -0.39 is 16.1 Å². The Morgan fingerprint density at radius 1 is 1.45 bits per heavy atom. The number of nitrogens with zero attached hydrogens (tertiary/aromatic N) is 2. The number of pyridine rings is 1. The first-order valence-electron chi connectivity index (χ1n) is 5.67. The molecule has 20 heavy (non-hydrogen) atoms. The Kier molecular flexibility index (Phi) is 4.12. The Morgan fingerprint density at radius 3 is 2.70 bits per heavy atom. The molecule has 0 amide bonds. The average molecular weight is 311 g/mol. The summed E-state index contributed by atoms with van der Waals surface area (Å²) in [6.07, 6.45) is 4.40. The molecule has 4 N–H and O–H groups in total. The van der Waals surface area contributed by atoms with Gasteiger partial charge in [-0.25, -0.2) is 13.1 Å². The van der Waals surface area contributed by atoms with Gasteiger partial charge in [0.1, 0.15) is 9.88 Å². The van der Waals surface area contributed by atoms with Crippen LogP contribution in [0.5, 0.6) is 0 Å². The number of nitrogens with one attached hydrogen (secondary N) is 2. The van der Waals surface area contributed by atoms with Gasteiger partial charge in [0.2, 0.25) is 10.0 Å². The molecule has 7 nitrogen and oxygen atoms in total. The van der Waals surface area contributed by atoms with Crippen molar-refractivity contribution >= 4 is 27.2 Å². The summed E-state index contributed by atoms with van der Waals surface area (Å²) in [5, 5.41) is 6.41. The molecule has 2 aromatic rings. The maximum absolute atomic E-state index is 12.2. The molecule has 0 bridgehead atoms. The third-order valence-electron chi connectivity index (χ3n) is 2.65. The SMILES string of the molecule is CC(NS(=O)(=O)c1ccc(C(N)=S)nc1)c1cn[nH]c1. The van der Waals surface area contributed by atoms with Gasteiger partial charge < -0.3 is 5.73 Å². The predicted molar refractivity (Wildman–Crippen MR) is 77.4 cm³/mol. The molecule has 1 unspecified atom stereocenters. The van der Waals surface area contributed by atoms with Crippen molar-refractivity contribution in [1.82, 2.24) is 19.9 Å². The van der Waals surface area contributed by atoms with Gasteiger partial charge in [0.05, 0.1) is 11.9 Å². The number of hydrogen-bond acceptors (Lipinski definition) is 5. The summed E-state index contributed by atoms with van der Waals surface area (Å²) in [6.45, 7) is 1.72. The fourth-order valence-corrected chi connectivity index (χ4v) is 2.85. The van der Waals surface area contributed by atoms with Crippen molar-refractivity contribution in [1.29, 1.82) is 0 Å². The number of H-pyrrole nitrogens is 1. The predicted octanol–water partition coefficient (Wildman–Crippen LogP) is 0.478. The second-order valence-electron chi connectivity index (χ2n) is 4.12. The quantitative estimate of drug-likeness (QED) is 0.692. The van der Waals surface area contributed by atoms with Crippen molar-refractivity contribution in [3.8, 4) is 0 Å². The number of rotatable bonds is 5. The van der Waals surface area contributed by atoms with Crippen LogP contribution in [0.3, 0.4) is 0 Å². The van der Waals surface area contributed by atoms with Crippen LogP contribution in [0.15, 0.2) is 35.6 Å². The highest BCUT2D eigenvalue weighted by molar-refractivity contribution is 7.89. The third kappa shape index (κ3) is 3.18. The Balaban J connectivity index is 2.20. The molecule has 2 rings (SSSR count). The summed E-state index contributed by atoms with van der Waals surface area (Å²) >= 11 is 4.76. The molecule has 0 spiro atoms. The van der Waals surface area contributed by atoms with Crippen LogP contribution in [0.25, 0.3) is 0 Å². The van der Waals surface area contributed by atoms with Gasteiger partial charge in [0, 0.05) is 24.0 Å². The lowest BCUT2D eigenvalue weighted by atomic mass is 10.2. The summed E-state index contributed by atoms with van der Waals surface area (Å²) in [5.41, 5.74) is 6.53. The van der Waals surface area contributed by atoms with E-state index in [1.807, 2.05) is 0 Å². The van der Waals surface area contributed by atoms with Gasteiger partial charge >= 0.3 is 0 Å². The molecule has 0 radical (unpaired) electrons. The van der Waals surface area contributed by atoms with E-state index >= 15 is 0 Å². The minimum absolute atomic E-state index is 0.0489. The van der Waals surface area contributed by atoms with Gasteiger partial charge in [-0.3, -0.25) is 10.1 Å².